The van der Waals surface area contributed by atoms with Crippen LogP contribution in [0.3, 0.4) is 0 Å². The Hall–Kier alpha value is -1.31. The minimum atomic E-state index is 0.242. The summed E-state index contributed by atoms with van der Waals surface area (Å²) in [7, 11) is 0. The molecule has 0 aromatic heterocycles. The van der Waals surface area contributed by atoms with Crippen molar-refractivity contribution < 1.29 is 4.79 Å². The molecule has 1 amide bonds. The van der Waals surface area contributed by atoms with Gasteiger partial charge in [0.25, 0.3) is 0 Å². The molecule has 1 heterocycles. The number of nitrogens with one attached hydrogen (secondary N) is 1. The van der Waals surface area contributed by atoms with Crippen molar-refractivity contribution in [2.75, 3.05) is 0 Å². The highest BCUT2D eigenvalue weighted by molar-refractivity contribution is 5.80. The Kier molecular flexibility index (Phi) is 3.12. The zero-order valence-electron chi connectivity index (χ0n) is 11.9. The van der Waals surface area contributed by atoms with Crippen LogP contribution in [0.5, 0.6) is 0 Å². The second-order valence-corrected chi connectivity index (χ2v) is 5.93. The van der Waals surface area contributed by atoms with Crippen LogP contribution in [0.15, 0.2) is 24.3 Å². The van der Waals surface area contributed by atoms with Gasteiger partial charge in [-0.05, 0) is 41.7 Å². The standard InChI is InChI=1S/C15H17NO.C2H6/c17-13-8-10-9-15(6-3-7-15)12-5-2-1-4-11(12)14(10)16-13;1-2/h1-2,4-5,10,14H,3,6-9H2,(H,16,17);1-2H3/t10-,14-;/m0./s1. The van der Waals surface area contributed by atoms with Gasteiger partial charge in [-0.25, -0.2) is 0 Å². The molecule has 3 aliphatic rings. The molecule has 2 heteroatoms. The molecule has 1 spiro atoms. The molecule has 0 unspecified atom stereocenters. The van der Waals surface area contributed by atoms with E-state index in [1.54, 1.807) is 0 Å². The largest absolute Gasteiger partial charge is 0.349 e. The summed E-state index contributed by atoms with van der Waals surface area (Å²) in [5.41, 5.74) is 3.34. The van der Waals surface area contributed by atoms with Gasteiger partial charge >= 0.3 is 0 Å². The summed E-state index contributed by atoms with van der Waals surface area (Å²) < 4.78 is 0. The van der Waals surface area contributed by atoms with Crippen molar-refractivity contribution in [3.8, 4) is 0 Å². The van der Waals surface area contributed by atoms with E-state index in [9.17, 15) is 4.79 Å². The average Bonchev–Trinajstić information content (AvgIpc) is 2.78. The lowest BCUT2D eigenvalue weighted by Gasteiger charge is -2.49. The van der Waals surface area contributed by atoms with Crippen LogP contribution in [0.1, 0.15) is 63.1 Å². The Bertz CT molecular complexity index is 490. The molecule has 102 valence electrons. The summed E-state index contributed by atoms with van der Waals surface area (Å²) in [5.74, 6) is 0.781. The van der Waals surface area contributed by atoms with Crippen LogP contribution in [0.2, 0.25) is 0 Å². The van der Waals surface area contributed by atoms with Crippen LogP contribution in [0.4, 0.5) is 0 Å². The normalized spacial score (nSPS) is 29.5. The summed E-state index contributed by atoms with van der Waals surface area (Å²) in [5, 5.41) is 3.16. The summed E-state index contributed by atoms with van der Waals surface area (Å²) in [6.07, 6.45) is 5.95. The molecule has 1 aliphatic heterocycles. The highest BCUT2D eigenvalue weighted by atomic mass is 16.2. The fraction of sp³-hybridized carbons (Fsp3) is 0.588. The van der Waals surface area contributed by atoms with Crippen molar-refractivity contribution >= 4 is 5.91 Å². The first-order valence-corrected chi connectivity index (χ1v) is 7.67. The third-order valence-electron chi connectivity index (χ3n) is 5.07. The lowest BCUT2D eigenvalue weighted by molar-refractivity contribution is -0.119. The highest BCUT2D eigenvalue weighted by Crippen LogP contribution is 2.56. The van der Waals surface area contributed by atoms with E-state index < -0.39 is 0 Å². The Morgan fingerprint density at radius 3 is 2.63 bits per heavy atom. The van der Waals surface area contributed by atoms with E-state index in [-0.39, 0.29) is 5.91 Å². The van der Waals surface area contributed by atoms with Crippen molar-refractivity contribution in [3.05, 3.63) is 35.4 Å². The van der Waals surface area contributed by atoms with Gasteiger partial charge in [0.2, 0.25) is 5.91 Å². The number of hydrogen-bond donors (Lipinski definition) is 1. The molecule has 1 aromatic carbocycles. The Balaban J connectivity index is 0.000000528. The maximum absolute atomic E-state index is 11.6. The molecule has 0 radical (unpaired) electrons. The van der Waals surface area contributed by atoms with Gasteiger partial charge in [-0.15, -0.1) is 0 Å². The summed E-state index contributed by atoms with van der Waals surface area (Å²) in [6.45, 7) is 4.00. The molecular formula is C17H23NO. The molecular weight excluding hydrogens is 234 g/mol. The average molecular weight is 257 g/mol. The second-order valence-electron chi connectivity index (χ2n) is 5.93. The lowest BCUT2D eigenvalue weighted by atomic mass is 9.55. The Morgan fingerprint density at radius 1 is 1.21 bits per heavy atom. The van der Waals surface area contributed by atoms with Gasteiger partial charge in [0.15, 0.2) is 0 Å². The lowest BCUT2D eigenvalue weighted by Crippen LogP contribution is -2.42. The molecule has 1 aromatic rings. The van der Waals surface area contributed by atoms with Crippen LogP contribution < -0.4 is 5.32 Å². The number of hydrogen-bond acceptors (Lipinski definition) is 1. The molecule has 2 aliphatic carbocycles. The van der Waals surface area contributed by atoms with Crippen LogP contribution in [0.25, 0.3) is 0 Å². The topological polar surface area (TPSA) is 29.1 Å². The van der Waals surface area contributed by atoms with Gasteiger partial charge in [0.05, 0.1) is 6.04 Å². The third-order valence-corrected chi connectivity index (χ3v) is 5.07. The summed E-state index contributed by atoms with van der Waals surface area (Å²) in [4.78, 5) is 11.6. The zero-order valence-corrected chi connectivity index (χ0v) is 11.9. The second kappa shape index (κ2) is 4.66. The smallest absolute Gasteiger partial charge is 0.220 e. The molecule has 1 N–H and O–H groups in total. The molecule has 1 saturated carbocycles. The predicted molar refractivity (Wildman–Crippen MR) is 76.9 cm³/mol. The summed E-state index contributed by atoms with van der Waals surface area (Å²) in [6, 6.07) is 9.06. The first-order valence-electron chi connectivity index (χ1n) is 7.67. The van der Waals surface area contributed by atoms with Crippen molar-refractivity contribution in [3.63, 3.8) is 0 Å². The van der Waals surface area contributed by atoms with Crippen molar-refractivity contribution in [2.24, 2.45) is 5.92 Å². The Labute approximate surface area is 115 Å². The summed E-state index contributed by atoms with van der Waals surface area (Å²) >= 11 is 0. The van der Waals surface area contributed by atoms with Crippen molar-refractivity contribution in [1.29, 1.82) is 0 Å². The van der Waals surface area contributed by atoms with E-state index in [2.05, 4.69) is 29.6 Å². The van der Waals surface area contributed by atoms with Gasteiger partial charge < -0.3 is 5.32 Å². The maximum atomic E-state index is 11.6. The number of carbonyl (C=O) groups excluding carboxylic acids is 1. The fourth-order valence-corrected chi connectivity index (χ4v) is 4.17. The predicted octanol–water partition coefficient (Wildman–Crippen LogP) is 3.72. The fourth-order valence-electron chi connectivity index (χ4n) is 4.17. The maximum Gasteiger partial charge on any atom is 0.220 e. The van der Waals surface area contributed by atoms with Crippen LogP contribution in [0, 0.1) is 5.92 Å². The number of benzene rings is 1. The first-order chi connectivity index (χ1) is 9.28. The highest BCUT2D eigenvalue weighted by Gasteiger charge is 2.50. The van der Waals surface area contributed by atoms with E-state index >= 15 is 0 Å². The van der Waals surface area contributed by atoms with E-state index in [4.69, 9.17) is 0 Å². The molecule has 2 nitrogen and oxygen atoms in total. The molecule has 19 heavy (non-hydrogen) atoms. The molecule has 2 fully saturated rings. The third kappa shape index (κ3) is 1.80. The van der Waals surface area contributed by atoms with Crippen molar-refractivity contribution in [1.82, 2.24) is 5.32 Å². The van der Waals surface area contributed by atoms with Gasteiger partial charge in [-0.2, -0.15) is 0 Å². The molecule has 4 rings (SSSR count). The van der Waals surface area contributed by atoms with E-state index in [0.29, 0.717) is 17.4 Å². The SMILES string of the molecule is CC.O=C1C[C@H]2CC3(CCC3)c3ccccc3[C@H]2N1. The number of amides is 1. The minimum absolute atomic E-state index is 0.242. The molecule has 0 bridgehead atoms. The number of rotatable bonds is 0. The van der Waals surface area contributed by atoms with Crippen LogP contribution in [-0.2, 0) is 10.2 Å². The van der Waals surface area contributed by atoms with E-state index in [0.717, 1.165) is 6.42 Å². The van der Waals surface area contributed by atoms with Gasteiger partial charge in [-0.3, -0.25) is 4.79 Å². The van der Waals surface area contributed by atoms with Gasteiger partial charge in [0, 0.05) is 6.42 Å². The van der Waals surface area contributed by atoms with Crippen LogP contribution in [-0.4, -0.2) is 5.91 Å². The zero-order chi connectivity index (χ0) is 13.5. The van der Waals surface area contributed by atoms with E-state index in [1.807, 2.05) is 13.8 Å². The monoisotopic (exact) mass is 257 g/mol. The van der Waals surface area contributed by atoms with Crippen molar-refractivity contribution in [2.45, 2.75) is 57.4 Å². The van der Waals surface area contributed by atoms with Gasteiger partial charge in [0.1, 0.15) is 0 Å². The quantitative estimate of drug-likeness (QED) is 0.754. The minimum Gasteiger partial charge on any atom is -0.349 e. The Morgan fingerprint density at radius 2 is 1.95 bits per heavy atom. The van der Waals surface area contributed by atoms with Gasteiger partial charge in [-0.1, -0.05) is 44.5 Å². The van der Waals surface area contributed by atoms with Crippen LogP contribution >= 0.6 is 0 Å². The molecule has 1 saturated heterocycles. The van der Waals surface area contributed by atoms with E-state index in [1.165, 1.54) is 36.8 Å². The number of fused-ring (bicyclic) bond motifs is 4. The number of carbonyl (C=O) groups is 1. The first kappa shape index (κ1) is 12.7. The molecule has 2 atom stereocenters.